The first-order valence-electron chi connectivity index (χ1n) is 4.76. The lowest BCUT2D eigenvalue weighted by Gasteiger charge is -2.13. The van der Waals surface area contributed by atoms with Crippen LogP contribution < -0.4 is 0 Å². The van der Waals surface area contributed by atoms with E-state index in [2.05, 4.69) is 12.6 Å². The Morgan fingerprint density at radius 3 is 2.47 bits per heavy atom. The summed E-state index contributed by atoms with van der Waals surface area (Å²) < 4.78 is 0. The van der Waals surface area contributed by atoms with Gasteiger partial charge >= 0.3 is 5.97 Å². The highest BCUT2D eigenvalue weighted by Crippen LogP contribution is 2.24. The number of aliphatic carboxylic acids is 1. The van der Waals surface area contributed by atoms with E-state index in [0.717, 1.165) is 0 Å². The first kappa shape index (κ1) is 14.0. The Morgan fingerprint density at radius 1 is 1.41 bits per heavy atom. The van der Waals surface area contributed by atoms with E-state index in [1.807, 2.05) is 0 Å². The van der Waals surface area contributed by atoms with E-state index >= 15 is 0 Å². The summed E-state index contributed by atoms with van der Waals surface area (Å²) in [6.07, 6.45) is -1.75. The Balaban J connectivity index is 3.31. The van der Waals surface area contributed by atoms with Crippen LogP contribution in [0, 0.1) is 0 Å². The van der Waals surface area contributed by atoms with Gasteiger partial charge in [0.25, 0.3) is 0 Å². The van der Waals surface area contributed by atoms with Gasteiger partial charge in [-0.05, 0) is 19.1 Å². The van der Waals surface area contributed by atoms with Crippen LogP contribution in [-0.2, 0) is 4.79 Å². The molecule has 0 saturated carbocycles. The van der Waals surface area contributed by atoms with Crippen molar-refractivity contribution in [3.05, 3.63) is 29.3 Å². The topological polar surface area (TPSA) is 74.6 Å². The number of thiol groups is 1. The maximum absolute atomic E-state index is 11.8. The largest absolute Gasteiger partial charge is 0.479 e. The van der Waals surface area contributed by atoms with Gasteiger partial charge < -0.3 is 10.2 Å². The van der Waals surface area contributed by atoms with E-state index in [4.69, 9.17) is 16.7 Å². The average Bonchev–Trinajstić information content (AvgIpc) is 2.26. The smallest absolute Gasteiger partial charge is 0.337 e. The molecule has 0 aliphatic heterocycles. The minimum atomic E-state index is -1.75. The standard InChI is InChI=1S/C11H11ClO4S/c1-5(12)9(13)8-4-6(17)2-3-7(8)10(14)11(15)16/h2-5,10,14,17H,1H3,(H,15,16). The molecule has 2 atom stereocenters. The quantitative estimate of drug-likeness (QED) is 0.445. The molecule has 0 aliphatic rings. The van der Waals surface area contributed by atoms with E-state index in [9.17, 15) is 14.7 Å². The number of hydrogen-bond acceptors (Lipinski definition) is 4. The van der Waals surface area contributed by atoms with Gasteiger partial charge in [-0.3, -0.25) is 4.79 Å². The average molecular weight is 275 g/mol. The van der Waals surface area contributed by atoms with Crippen molar-refractivity contribution in [3.8, 4) is 0 Å². The van der Waals surface area contributed by atoms with Gasteiger partial charge in [-0.15, -0.1) is 24.2 Å². The van der Waals surface area contributed by atoms with E-state index < -0.39 is 23.2 Å². The molecule has 2 unspecified atom stereocenters. The number of carboxylic acids is 1. The van der Waals surface area contributed by atoms with E-state index in [1.165, 1.54) is 25.1 Å². The van der Waals surface area contributed by atoms with Gasteiger partial charge in [-0.1, -0.05) is 6.07 Å². The third kappa shape index (κ3) is 3.21. The van der Waals surface area contributed by atoms with Crippen molar-refractivity contribution in [1.29, 1.82) is 0 Å². The third-order valence-corrected chi connectivity index (χ3v) is 2.67. The lowest BCUT2D eigenvalue weighted by Crippen LogP contribution is -2.18. The van der Waals surface area contributed by atoms with Gasteiger partial charge in [0.05, 0.1) is 5.38 Å². The molecule has 0 bridgehead atoms. The molecule has 0 radical (unpaired) electrons. The first-order valence-corrected chi connectivity index (χ1v) is 5.65. The van der Waals surface area contributed by atoms with Crippen LogP contribution in [-0.4, -0.2) is 27.3 Å². The highest BCUT2D eigenvalue weighted by molar-refractivity contribution is 7.80. The van der Waals surface area contributed by atoms with Crippen LogP contribution >= 0.6 is 24.2 Å². The fourth-order valence-corrected chi connectivity index (χ4v) is 1.66. The van der Waals surface area contributed by atoms with Gasteiger partial charge in [0, 0.05) is 16.0 Å². The number of carbonyl (C=O) groups is 2. The number of carbonyl (C=O) groups excluding carboxylic acids is 1. The number of ketones is 1. The van der Waals surface area contributed by atoms with Gasteiger partial charge in [0.1, 0.15) is 0 Å². The minimum Gasteiger partial charge on any atom is -0.479 e. The maximum atomic E-state index is 11.8. The van der Waals surface area contributed by atoms with Crippen LogP contribution in [0.15, 0.2) is 23.1 Å². The molecule has 92 valence electrons. The van der Waals surface area contributed by atoms with Crippen LogP contribution in [0.2, 0.25) is 0 Å². The molecule has 1 rings (SSSR count). The normalized spacial score (nSPS) is 14.1. The number of hydrogen-bond donors (Lipinski definition) is 3. The maximum Gasteiger partial charge on any atom is 0.337 e. The molecule has 0 aliphatic carbocycles. The number of aliphatic hydroxyl groups excluding tert-OH is 1. The molecule has 1 aromatic carbocycles. The van der Waals surface area contributed by atoms with Crippen molar-refractivity contribution in [2.24, 2.45) is 0 Å². The highest BCUT2D eigenvalue weighted by atomic mass is 35.5. The molecule has 0 spiro atoms. The molecule has 2 N–H and O–H groups in total. The number of carboxylic acid groups (broad SMARTS) is 1. The lowest BCUT2D eigenvalue weighted by atomic mass is 9.98. The summed E-state index contributed by atoms with van der Waals surface area (Å²) in [5.74, 6) is -1.87. The second-order valence-corrected chi connectivity index (χ2v) is 4.66. The molecule has 0 saturated heterocycles. The van der Waals surface area contributed by atoms with Crippen LogP contribution in [0.25, 0.3) is 0 Å². The fraction of sp³-hybridized carbons (Fsp3) is 0.273. The van der Waals surface area contributed by atoms with Gasteiger partial charge in [0.2, 0.25) is 0 Å². The van der Waals surface area contributed by atoms with Gasteiger partial charge in [-0.2, -0.15) is 0 Å². The second-order valence-electron chi connectivity index (χ2n) is 3.49. The number of rotatable bonds is 4. The van der Waals surface area contributed by atoms with Gasteiger partial charge in [0.15, 0.2) is 11.9 Å². The zero-order valence-corrected chi connectivity index (χ0v) is 10.6. The fourth-order valence-electron chi connectivity index (χ4n) is 1.34. The van der Waals surface area contributed by atoms with E-state index in [1.54, 1.807) is 0 Å². The van der Waals surface area contributed by atoms with Crippen molar-refractivity contribution < 1.29 is 19.8 Å². The predicted octanol–water partition coefficient (Wildman–Crippen LogP) is 1.90. The molecule has 0 aromatic heterocycles. The summed E-state index contributed by atoms with van der Waals surface area (Å²) in [5, 5.41) is 17.4. The predicted molar refractivity (Wildman–Crippen MR) is 65.9 cm³/mol. The number of benzene rings is 1. The van der Waals surface area contributed by atoms with Crippen molar-refractivity contribution in [1.82, 2.24) is 0 Å². The summed E-state index contributed by atoms with van der Waals surface area (Å²) in [7, 11) is 0. The molecule has 1 aromatic rings. The number of alkyl halides is 1. The van der Waals surface area contributed by atoms with Crippen LogP contribution in [0.4, 0.5) is 0 Å². The Labute approximate surface area is 109 Å². The third-order valence-electron chi connectivity index (χ3n) is 2.19. The van der Waals surface area contributed by atoms with Crippen molar-refractivity contribution in [3.63, 3.8) is 0 Å². The molecule has 4 nitrogen and oxygen atoms in total. The zero-order chi connectivity index (χ0) is 13.2. The first-order chi connectivity index (χ1) is 7.84. The minimum absolute atomic E-state index is 0.0211. The lowest BCUT2D eigenvalue weighted by molar-refractivity contribution is -0.146. The molecule has 0 fully saturated rings. The van der Waals surface area contributed by atoms with E-state index in [-0.39, 0.29) is 11.1 Å². The summed E-state index contributed by atoms with van der Waals surface area (Å²) in [5.41, 5.74) is 0.0997. The van der Waals surface area contributed by atoms with Crippen molar-refractivity contribution in [2.75, 3.05) is 0 Å². The molecule has 17 heavy (non-hydrogen) atoms. The summed E-state index contributed by atoms with van der Waals surface area (Å²) >= 11 is 9.73. The monoisotopic (exact) mass is 274 g/mol. The number of Topliss-reactive ketones (excluding diaryl/α,β-unsaturated/α-hetero) is 1. The van der Waals surface area contributed by atoms with Gasteiger partial charge in [-0.25, -0.2) is 4.79 Å². The molecule has 0 heterocycles. The Bertz CT molecular complexity index is 459. The Kier molecular flexibility index (Phi) is 4.56. The summed E-state index contributed by atoms with van der Waals surface area (Å²) in [6.45, 7) is 1.48. The SMILES string of the molecule is CC(Cl)C(=O)c1cc(S)ccc1C(O)C(=O)O. The van der Waals surface area contributed by atoms with Crippen molar-refractivity contribution >= 4 is 36.0 Å². The Morgan fingerprint density at radius 2 is 2.00 bits per heavy atom. The number of halogens is 1. The molecule has 6 heteroatoms. The highest BCUT2D eigenvalue weighted by Gasteiger charge is 2.24. The van der Waals surface area contributed by atoms with Crippen LogP contribution in [0.1, 0.15) is 28.9 Å². The summed E-state index contributed by atoms with van der Waals surface area (Å²) in [6, 6.07) is 4.25. The summed E-state index contributed by atoms with van der Waals surface area (Å²) in [4.78, 5) is 23.0. The van der Waals surface area contributed by atoms with Crippen LogP contribution in [0.3, 0.4) is 0 Å². The van der Waals surface area contributed by atoms with Crippen molar-refractivity contribution in [2.45, 2.75) is 23.3 Å². The molecule has 0 amide bonds. The molecular formula is C11H11ClO4S. The second kappa shape index (κ2) is 5.53. The number of aliphatic hydroxyl groups is 1. The Hall–Kier alpha value is -1.04. The van der Waals surface area contributed by atoms with E-state index in [0.29, 0.717) is 4.90 Å². The molecular weight excluding hydrogens is 264 g/mol. The van der Waals surface area contributed by atoms with Crippen LogP contribution in [0.5, 0.6) is 0 Å². The zero-order valence-electron chi connectivity index (χ0n) is 8.92.